The molecule has 0 spiro atoms. The van der Waals surface area contributed by atoms with Crippen molar-refractivity contribution in [2.75, 3.05) is 5.73 Å². The summed E-state index contributed by atoms with van der Waals surface area (Å²) in [6.07, 6.45) is 5.06. The van der Waals surface area contributed by atoms with Crippen molar-refractivity contribution in [3.05, 3.63) is 16.8 Å². The van der Waals surface area contributed by atoms with Gasteiger partial charge in [-0.2, -0.15) is 0 Å². The van der Waals surface area contributed by atoms with E-state index in [0.29, 0.717) is 5.56 Å². The topological polar surface area (TPSA) is 51.8 Å². The van der Waals surface area contributed by atoms with Gasteiger partial charge >= 0.3 is 0 Å². The molecule has 0 bridgehead atoms. The molecular weight excluding hydrogens is 150 g/mol. The molecule has 0 aliphatic carbocycles. The van der Waals surface area contributed by atoms with Crippen LogP contribution in [0, 0.1) is 12.3 Å². The largest absolute Gasteiger partial charge is 0.381 e. The molecule has 1 aromatic rings. The van der Waals surface area contributed by atoms with Gasteiger partial charge in [-0.05, 0) is 6.07 Å². The van der Waals surface area contributed by atoms with Crippen molar-refractivity contribution < 1.29 is 0 Å². The van der Waals surface area contributed by atoms with Gasteiger partial charge in [0.2, 0.25) is 0 Å². The fourth-order valence-corrected chi connectivity index (χ4v) is 0.640. The molecule has 0 radical (unpaired) electrons. The molecular formula is C6H4ClN3. The van der Waals surface area contributed by atoms with Crippen molar-refractivity contribution in [1.82, 2.24) is 10.2 Å². The Bertz CT molecular complexity index is 290. The SMILES string of the molecule is C#Cc1cc(Cl)nnc1N. The van der Waals surface area contributed by atoms with E-state index in [0.717, 1.165) is 0 Å². The fourth-order valence-electron chi connectivity index (χ4n) is 0.493. The predicted octanol–water partition coefficient (Wildman–Crippen LogP) is 0.693. The van der Waals surface area contributed by atoms with E-state index in [1.54, 1.807) is 0 Å². The van der Waals surface area contributed by atoms with E-state index in [9.17, 15) is 0 Å². The lowest BCUT2D eigenvalue weighted by Gasteiger charge is -1.93. The van der Waals surface area contributed by atoms with Gasteiger partial charge in [-0.1, -0.05) is 17.5 Å². The number of nitrogens with two attached hydrogens (primary N) is 1. The summed E-state index contributed by atoms with van der Waals surface area (Å²) in [5.41, 5.74) is 5.80. The monoisotopic (exact) mass is 153 g/mol. The van der Waals surface area contributed by atoms with Crippen molar-refractivity contribution in [3.8, 4) is 12.3 Å². The quantitative estimate of drug-likeness (QED) is 0.558. The average Bonchev–Trinajstić information content (AvgIpc) is 1.94. The third-order valence-electron chi connectivity index (χ3n) is 0.948. The average molecular weight is 154 g/mol. The molecule has 0 saturated heterocycles. The minimum atomic E-state index is 0.229. The van der Waals surface area contributed by atoms with Crippen LogP contribution < -0.4 is 5.73 Å². The maximum Gasteiger partial charge on any atom is 0.161 e. The smallest absolute Gasteiger partial charge is 0.161 e. The standard InChI is InChI=1S/C6H4ClN3/c1-2-4-3-5(7)9-10-6(4)8/h1,3H,(H2,8,10). The Hall–Kier alpha value is -1.27. The zero-order valence-corrected chi connectivity index (χ0v) is 5.76. The highest BCUT2D eigenvalue weighted by Gasteiger charge is 1.97. The van der Waals surface area contributed by atoms with Gasteiger partial charge in [0.1, 0.15) is 0 Å². The van der Waals surface area contributed by atoms with Crippen LogP contribution in [-0.2, 0) is 0 Å². The lowest BCUT2D eigenvalue weighted by atomic mass is 10.3. The molecule has 0 amide bonds. The molecule has 0 saturated carbocycles. The summed E-state index contributed by atoms with van der Waals surface area (Å²) in [6.45, 7) is 0. The lowest BCUT2D eigenvalue weighted by Crippen LogP contribution is -1.96. The van der Waals surface area contributed by atoms with E-state index in [-0.39, 0.29) is 11.0 Å². The molecule has 0 aromatic carbocycles. The van der Waals surface area contributed by atoms with Crippen molar-refractivity contribution in [2.45, 2.75) is 0 Å². The van der Waals surface area contributed by atoms with Crippen LogP contribution in [0.4, 0.5) is 5.82 Å². The van der Waals surface area contributed by atoms with Crippen molar-refractivity contribution in [2.24, 2.45) is 0 Å². The zero-order valence-electron chi connectivity index (χ0n) is 5.00. The zero-order chi connectivity index (χ0) is 7.56. The summed E-state index contributed by atoms with van der Waals surface area (Å²) < 4.78 is 0. The number of terminal acetylenes is 1. The van der Waals surface area contributed by atoms with Gasteiger partial charge in [0.05, 0.1) is 5.56 Å². The number of hydrogen-bond acceptors (Lipinski definition) is 3. The Kier molecular flexibility index (Phi) is 1.74. The predicted molar refractivity (Wildman–Crippen MR) is 39.4 cm³/mol. The first-order valence-corrected chi connectivity index (χ1v) is 2.87. The van der Waals surface area contributed by atoms with E-state index in [1.165, 1.54) is 6.07 Å². The van der Waals surface area contributed by atoms with E-state index in [4.69, 9.17) is 23.8 Å². The summed E-state index contributed by atoms with van der Waals surface area (Å²) in [6, 6.07) is 1.49. The number of hydrogen-bond donors (Lipinski definition) is 1. The van der Waals surface area contributed by atoms with Crippen LogP contribution in [0.1, 0.15) is 5.56 Å². The van der Waals surface area contributed by atoms with Crippen molar-refractivity contribution >= 4 is 17.4 Å². The molecule has 0 aliphatic heterocycles. The molecule has 50 valence electrons. The Morgan fingerprint density at radius 2 is 2.30 bits per heavy atom. The summed E-state index contributed by atoms with van der Waals surface area (Å²) in [5, 5.41) is 7.24. The fraction of sp³-hybridized carbons (Fsp3) is 0. The van der Waals surface area contributed by atoms with E-state index < -0.39 is 0 Å². The van der Waals surface area contributed by atoms with Gasteiger partial charge in [0, 0.05) is 0 Å². The number of halogens is 1. The lowest BCUT2D eigenvalue weighted by molar-refractivity contribution is 1.04. The summed E-state index contributed by atoms with van der Waals surface area (Å²) >= 11 is 5.47. The third kappa shape index (κ3) is 1.17. The Labute approximate surface area is 63.2 Å². The third-order valence-corrected chi connectivity index (χ3v) is 1.13. The normalized spacial score (nSPS) is 8.80. The van der Waals surface area contributed by atoms with E-state index in [2.05, 4.69) is 16.1 Å². The molecule has 0 atom stereocenters. The maximum atomic E-state index is 5.47. The number of nitrogen functional groups attached to an aromatic ring is 1. The number of nitrogens with zero attached hydrogens (tertiary/aromatic N) is 2. The van der Waals surface area contributed by atoms with Gasteiger partial charge in [-0.15, -0.1) is 16.6 Å². The first-order chi connectivity index (χ1) is 4.74. The second-order valence-corrected chi connectivity index (χ2v) is 2.00. The molecule has 1 heterocycles. The van der Waals surface area contributed by atoms with Gasteiger partial charge in [-0.25, -0.2) is 0 Å². The van der Waals surface area contributed by atoms with Crippen LogP contribution in [0.3, 0.4) is 0 Å². The summed E-state index contributed by atoms with van der Waals surface area (Å²) in [5.74, 6) is 2.55. The van der Waals surface area contributed by atoms with Crippen LogP contribution in [0.2, 0.25) is 5.15 Å². The highest BCUT2D eigenvalue weighted by atomic mass is 35.5. The highest BCUT2D eigenvalue weighted by molar-refractivity contribution is 6.29. The van der Waals surface area contributed by atoms with Crippen LogP contribution in [0.15, 0.2) is 6.07 Å². The molecule has 10 heavy (non-hydrogen) atoms. The van der Waals surface area contributed by atoms with E-state index >= 15 is 0 Å². The van der Waals surface area contributed by atoms with Gasteiger partial charge in [0.25, 0.3) is 0 Å². The Morgan fingerprint density at radius 1 is 1.60 bits per heavy atom. The molecule has 1 rings (SSSR count). The first-order valence-electron chi connectivity index (χ1n) is 2.49. The first kappa shape index (κ1) is 6.84. The van der Waals surface area contributed by atoms with E-state index in [1.807, 2.05) is 0 Å². The second kappa shape index (κ2) is 2.54. The molecule has 4 heteroatoms. The van der Waals surface area contributed by atoms with Crippen molar-refractivity contribution in [1.29, 1.82) is 0 Å². The van der Waals surface area contributed by atoms with Gasteiger partial charge in [0.15, 0.2) is 11.0 Å². The van der Waals surface area contributed by atoms with Crippen LogP contribution in [-0.4, -0.2) is 10.2 Å². The van der Waals surface area contributed by atoms with Crippen LogP contribution in [0.25, 0.3) is 0 Å². The van der Waals surface area contributed by atoms with Crippen molar-refractivity contribution in [3.63, 3.8) is 0 Å². The second-order valence-electron chi connectivity index (χ2n) is 1.61. The minimum Gasteiger partial charge on any atom is -0.381 e. The summed E-state index contributed by atoms with van der Waals surface area (Å²) in [4.78, 5) is 0. The summed E-state index contributed by atoms with van der Waals surface area (Å²) in [7, 11) is 0. The minimum absolute atomic E-state index is 0.229. The number of rotatable bonds is 0. The molecule has 2 N–H and O–H groups in total. The molecule has 3 nitrogen and oxygen atoms in total. The molecule has 0 aliphatic rings. The molecule has 0 fully saturated rings. The number of aromatic nitrogens is 2. The molecule has 1 aromatic heterocycles. The van der Waals surface area contributed by atoms with Gasteiger partial charge < -0.3 is 5.73 Å². The Balaban J connectivity index is 3.25. The molecule has 0 unspecified atom stereocenters. The highest BCUT2D eigenvalue weighted by Crippen LogP contribution is 2.09. The Morgan fingerprint density at radius 3 is 2.80 bits per heavy atom. The maximum absolute atomic E-state index is 5.47. The van der Waals surface area contributed by atoms with Crippen LogP contribution >= 0.6 is 11.6 Å². The van der Waals surface area contributed by atoms with Gasteiger partial charge in [-0.3, -0.25) is 0 Å². The number of anilines is 1. The van der Waals surface area contributed by atoms with Crippen LogP contribution in [0.5, 0.6) is 0 Å².